The van der Waals surface area contributed by atoms with E-state index in [4.69, 9.17) is 15.2 Å². The Morgan fingerprint density at radius 2 is 2.00 bits per heavy atom. The lowest BCUT2D eigenvalue weighted by Crippen LogP contribution is -2.12. The second-order valence-electron chi connectivity index (χ2n) is 5.29. The van der Waals surface area contributed by atoms with Crippen LogP contribution in [0.15, 0.2) is 18.2 Å². The predicted molar refractivity (Wildman–Crippen MR) is 77.6 cm³/mol. The molecule has 2 rings (SSSR count). The zero-order chi connectivity index (χ0) is 13.5. The molecular weight excluding hydrogens is 238 g/mol. The minimum absolute atomic E-state index is 0.482. The molecule has 1 saturated carbocycles. The van der Waals surface area contributed by atoms with E-state index in [2.05, 4.69) is 0 Å². The van der Waals surface area contributed by atoms with Crippen LogP contribution in [-0.2, 0) is 6.54 Å². The molecule has 3 heteroatoms. The van der Waals surface area contributed by atoms with Crippen molar-refractivity contribution in [2.45, 2.75) is 45.1 Å². The number of nitrogens with two attached hydrogens (primary N) is 1. The monoisotopic (exact) mass is 263 g/mol. The minimum Gasteiger partial charge on any atom is -0.493 e. The zero-order valence-electron chi connectivity index (χ0n) is 11.9. The average molecular weight is 263 g/mol. The molecule has 1 aliphatic rings. The molecule has 0 heterocycles. The molecule has 0 aromatic heterocycles. The van der Waals surface area contributed by atoms with E-state index in [-0.39, 0.29) is 0 Å². The lowest BCUT2D eigenvalue weighted by molar-refractivity contribution is 0.236. The Morgan fingerprint density at radius 3 is 2.68 bits per heavy atom. The Kier molecular flexibility index (Phi) is 5.52. The fourth-order valence-corrected chi connectivity index (χ4v) is 2.85. The topological polar surface area (TPSA) is 44.5 Å². The molecule has 106 valence electrons. The van der Waals surface area contributed by atoms with E-state index < -0.39 is 0 Å². The highest BCUT2D eigenvalue weighted by atomic mass is 16.5. The maximum Gasteiger partial charge on any atom is 0.165 e. The second-order valence-corrected chi connectivity index (χ2v) is 5.29. The van der Waals surface area contributed by atoms with E-state index in [0.717, 1.165) is 36.0 Å². The Hall–Kier alpha value is -1.22. The Labute approximate surface area is 116 Å². The third-order valence-corrected chi connectivity index (χ3v) is 4.00. The lowest BCUT2D eigenvalue weighted by atomic mass is 9.87. The Morgan fingerprint density at radius 1 is 1.21 bits per heavy atom. The van der Waals surface area contributed by atoms with Gasteiger partial charge in [-0.2, -0.15) is 0 Å². The van der Waals surface area contributed by atoms with Crippen molar-refractivity contribution in [3.8, 4) is 11.5 Å². The van der Waals surface area contributed by atoms with Crippen LogP contribution in [0.2, 0.25) is 0 Å². The van der Waals surface area contributed by atoms with Crippen molar-refractivity contribution in [3.63, 3.8) is 0 Å². The van der Waals surface area contributed by atoms with Gasteiger partial charge in [0.05, 0.1) is 13.7 Å². The molecule has 0 amide bonds. The highest BCUT2D eigenvalue weighted by Crippen LogP contribution is 2.32. The number of hydrogen-bond acceptors (Lipinski definition) is 3. The molecule has 1 aliphatic carbocycles. The highest BCUT2D eigenvalue weighted by Gasteiger charge is 2.14. The SMILES string of the molecule is COc1cccc(CN)c1OCCC1CCCCC1. The summed E-state index contributed by atoms with van der Waals surface area (Å²) in [4.78, 5) is 0. The first-order valence-electron chi connectivity index (χ1n) is 7.34. The van der Waals surface area contributed by atoms with E-state index in [1.807, 2.05) is 18.2 Å². The summed E-state index contributed by atoms with van der Waals surface area (Å²) in [6.45, 7) is 1.24. The van der Waals surface area contributed by atoms with Gasteiger partial charge < -0.3 is 15.2 Å². The van der Waals surface area contributed by atoms with Crippen molar-refractivity contribution in [2.75, 3.05) is 13.7 Å². The summed E-state index contributed by atoms with van der Waals surface area (Å²) in [6.07, 6.45) is 8.03. The molecule has 0 unspecified atom stereocenters. The first-order valence-corrected chi connectivity index (χ1v) is 7.34. The number of hydrogen-bond donors (Lipinski definition) is 1. The minimum atomic E-state index is 0.482. The van der Waals surface area contributed by atoms with Crippen LogP contribution in [0.5, 0.6) is 11.5 Å². The Bertz CT molecular complexity index is 364. The maximum absolute atomic E-state index is 5.95. The molecule has 2 N–H and O–H groups in total. The van der Waals surface area contributed by atoms with Gasteiger partial charge in [-0.25, -0.2) is 0 Å². The molecule has 1 aromatic carbocycles. The van der Waals surface area contributed by atoms with Crippen LogP contribution in [-0.4, -0.2) is 13.7 Å². The van der Waals surface area contributed by atoms with E-state index in [0.29, 0.717) is 6.54 Å². The lowest BCUT2D eigenvalue weighted by Gasteiger charge is -2.22. The van der Waals surface area contributed by atoms with E-state index in [9.17, 15) is 0 Å². The summed E-state index contributed by atoms with van der Waals surface area (Å²) in [5, 5.41) is 0. The third kappa shape index (κ3) is 3.87. The number of ether oxygens (including phenoxy) is 2. The third-order valence-electron chi connectivity index (χ3n) is 4.00. The summed E-state index contributed by atoms with van der Waals surface area (Å²) in [5.74, 6) is 2.44. The van der Waals surface area contributed by atoms with Crippen molar-refractivity contribution < 1.29 is 9.47 Å². The van der Waals surface area contributed by atoms with Crippen LogP contribution in [0.1, 0.15) is 44.1 Å². The van der Waals surface area contributed by atoms with Gasteiger partial charge in [0.1, 0.15) is 0 Å². The number of para-hydroxylation sites is 1. The molecule has 0 spiro atoms. The van der Waals surface area contributed by atoms with Gasteiger partial charge in [0.25, 0.3) is 0 Å². The van der Waals surface area contributed by atoms with Gasteiger partial charge in [-0.15, -0.1) is 0 Å². The van der Waals surface area contributed by atoms with Gasteiger partial charge in [-0.3, -0.25) is 0 Å². The van der Waals surface area contributed by atoms with Gasteiger partial charge in [0.15, 0.2) is 11.5 Å². The van der Waals surface area contributed by atoms with Gasteiger partial charge in [0.2, 0.25) is 0 Å². The quantitative estimate of drug-likeness (QED) is 0.854. The zero-order valence-corrected chi connectivity index (χ0v) is 11.9. The largest absolute Gasteiger partial charge is 0.493 e. The van der Waals surface area contributed by atoms with Crippen LogP contribution in [0, 0.1) is 5.92 Å². The number of methoxy groups -OCH3 is 1. The first kappa shape index (κ1) is 14.2. The number of rotatable bonds is 6. The molecule has 0 bridgehead atoms. The molecule has 1 fully saturated rings. The van der Waals surface area contributed by atoms with Gasteiger partial charge in [0, 0.05) is 12.1 Å². The van der Waals surface area contributed by atoms with Crippen LogP contribution in [0.25, 0.3) is 0 Å². The second kappa shape index (κ2) is 7.39. The van der Waals surface area contributed by atoms with Gasteiger partial charge in [-0.1, -0.05) is 44.2 Å². The van der Waals surface area contributed by atoms with E-state index in [1.54, 1.807) is 7.11 Å². The fourth-order valence-electron chi connectivity index (χ4n) is 2.85. The summed E-state index contributed by atoms with van der Waals surface area (Å²) in [5.41, 5.74) is 6.77. The van der Waals surface area contributed by atoms with Gasteiger partial charge in [-0.05, 0) is 18.4 Å². The van der Waals surface area contributed by atoms with Crippen LogP contribution in [0.3, 0.4) is 0 Å². The summed E-state index contributed by atoms with van der Waals surface area (Å²) < 4.78 is 11.3. The summed E-state index contributed by atoms with van der Waals surface area (Å²) in [6, 6.07) is 5.88. The normalized spacial score (nSPS) is 16.3. The molecule has 0 aliphatic heterocycles. The van der Waals surface area contributed by atoms with Crippen molar-refractivity contribution >= 4 is 0 Å². The summed E-state index contributed by atoms with van der Waals surface area (Å²) in [7, 11) is 1.67. The van der Waals surface area contributed by atoms with Crippen LogP contribution in [0.4, 0.5) is 0 Å². The maximum atomic E-state index is 5.95. The van der Waals surface area contributed by atoms with Crippen molar-refractivity contribution in [2.24, 2.45) is 11.7 Å². The molecule has 1 aromatic rings. The molecule has 0 atom stereocenters. The van der Waals surface area contributed by atoms with E-state index >= 15 is 0 Å². The van der Waals surface area contributed by atoms with E-state index in [1.165, 1.54) is 32.1 Å². The summed E-state index contributed by atoms with van der Waals surface area (Å²) >= 11 is 0. The Balaban J connectivity index is 1.90. The molecular formula is C16H25NO2. The number of benzene rings is 1. The molecule has 19 heavy (non-hydrogen) atoms. The van der Waals surface area contributed by atoms with Crippen molar-refractivity contribution in [1.82, 2.24) is 0 Å². The highest BCUT2D eigenvalue weighted by molar-refractivity contribution is 5.46. The predicted octanol–water partition coefficient (Wildman–Crippen LogP) is 3.50. The fraction of sp³-hybridized carbons (Fsp3) is 0.625. The standard InChI is InChI=1S/C16H25NO2/c1-18-15-9-5-8-14(12-17)16(15)19-11-10-13-6-3-2-4-7-13/h5,8-9,13H,2-4,6-7,10-12,17H2,1H3. The molecule has 0 radical (unpaired) electrons. The smallest absolute Gasteiger partial charge is 0.165 e. The van der Waals surface area contributed by atoms with Crippen molar-refractivity contribution in [1.29, 1.82) is 0 Å². The van der Waals surface area contributed by atoms with Gasteiger partial charge >= 0.3 is 0 Å². The molecule has 3 nitrogen and oxygen atoms in total. The van der Waals surface area contributed by atoms with Crippen LogP contribution < -0.4 is 15.2 Å². The average Bonchev–Trinajstić information content (AvgIpc) is 2.48. The first-order chi connectivity index (χ1) is 9.35. The van der Waals surface area contributed by atoms with Crippen molar-refractivity contribution in [3.05, 3.63) is 23.8 Å². The van der Waals surface area contributed by atoms with Crippen LogP contribution >= 0.6 is 0 Å². The molecule has 0 saturated heterocycles.